The van der Waals surface area contributed by atoms with E-state index < -0.39 is 6.04 Å². The highest BCUT2D eigenvalue weighted by Gasteiger charge is 2.56. The zero-order valence-electron chi connectivity index (χ0n) is 22.1. The largest absolute Gasteiger partial charge is 0.508 e. The molecule has 1 amide bonds. The van der Waals surface area contributed by atoms with Crippen molar-refractivity contribution in [3.05, 3.63) is 76.9 Å². The summed E-state index contributed by atoms with van der Waals surface area (Å²) in [6.45, 7) is 2.38. The molecule has 0 bridgehead atoms. The van der Waals surface area contributed by atoms with Crippen LogP contribution in [0.4, 0.5) is 0 Å². The lowest BCUT2D eigenvalue weighted by Crippen LogP contribution is -2.41. The monoisotopic (exact) mass is 519 g/mol. The van der Waals surface area contributed by atoms with Crippen LogP contribution < -0.4 is 29.8 Å². The number of methoxy groups -OCH3 is 4. The number of fused-ring (bicyclic) bond motifs is 1. The number of ether oxygens (including phenoxy) is 4. The Morgan fingerprint density at radius 2 is 1.50 bits per heavy atom. The number of phenols is 1. The molecular formula is C29H33N3O6. The number of hydrazine groups is 1. The number of likely N-dealkylation sites (tertiary alicyclic amines) is 1. The fraction of sp³-hybridized carbons (Fsp3) is 0.345. The maximum Gasteiger partial charge on any atom is 0.242 e. The summed E-state index contributed by atoms with van der Waals surface area (Å²) in [6, 6.07) is 15.8. The zero-order valence-corrected chi connectivity index (χ0v) is 22.1. The molecule has 2 saturated heterocycles. The van der Waals surface area contributed by atoms with Crippen molar-refractivity contribution >= 4 is 5.91 Å². The SMILES string of the molecule is COc1ccc(CN2C(=O)C3NNC(c4cc(C)ccc4O)C3C2c2cc(OC)c(OC)c(OC)c2)cc1. The lowest BCUT2D eigenvalue weighted by molar-refractivity contribution is -0.131. The Bertz CT molecular complexity index is 1300. The van der Waals surface area contributed by atoms with Crippen LogP contribution in [-0.4, -0.2) is 50.4 Å². The minimum absolute atomic E-state index is 0.0355. The fourth-order valence-corrected chi connectivity index (χ4v) is 5.67. The van der Waals surface area contributed by atoms with Gasteiger partial charge in [0.05, 0.1) is 40.5 Å². The molecule has 5 rings (SSSR count). The highest BCUT2D eigenvalue weighted by atomic mass is 16.5. The Labute approximate surface area is 222 Å². The third-order valence-electron chi connectivity index (χ3n) is 7.47. The average molecular weight is 520 g/mol. The number of carbonyl (C=O) groups is 1. The Morgan fingerprint density at radius 3 is 2.11 bits per heavy atom. The molecule has 4 unspecified atom stereocenters. The van der Waals surface area contributed by atoms with E-state index in [1.54, 1.807) is 34.5 Å². The van der Waals surface area contributed by atoms with Crippen molar-refractivity contribution in [1.82, 2.24) is 15.8 Å². The molecule has 2 fully saturated rings. The molecule has 4 atom stereocenters. The van der Waals surface area contributed by atoms with E-state index in [2.05, 4.69) is 10.9 Å². The molecule has 3 aromatic rings. The van der Waals surface area contributed by atoms with Crippen LogP contribution in [0.5, 0.6) is 28.7 Å². The third kappa shape index (κ3) is 4.37. The summed E-state index contributed by atoms with van der Waals surface area (Å²) in [5.74, 6) is 2.16. The number of rotatable bonds is 8. The topological polar surface area (TPSA) is 102 Å². The van der Waals surface area contributed by atoms with E-state index in [4.69, 9.17) is 18.9 Å². The van der Waals surface area contributed by atoms with Crippen molar-refractivity contribution in [3.63, 3.8) is 0 Å². The molecule has 0 aliphatic carbocycles. The quantitative estimate of drug-likeness (QED) is 0.415. The van der Waals surface area contributed by atoms with Crippen LogP contribution in [0.15, 0.2) is 54.6 Å². The van der Waals surface area contributed by atoms with Gasteiger partial charge in [0.25, 0.3) is 0 Å². The van der Waals surface area contributed by atoms with Crippen LogP contribution in [0.2, 0.25) is 0 Å². The number of aryl methyl sites for hydroxylation is 1. The zero-order chi connectivity index (χ0) is 27.0. The number of nitrogens with one attached hydrogen (secondary N) is 2. The van der Waals surface area contributed by atoms with E-state index in [1.165, 1.54) is 0 Å². The Morgan fingerprint density at radius 1 is 0.842 bits per heavy atom. The van der Waals surface area contributed by atoms with E-state index >= 15 is 0 Å². The lowest BCUT2D eigenvalue weighted by Gasteiger charge is -2.32. The van der Waals surface area contributed by atoms with Crippen LogP contribution in [0.25, 0.3) is 0 Å². The first-order valence-corrected chi connectivity index (χ1v) is 12.4. The normalized spacial score (nSPS) is 22.3. The first-order valence-electron chi connectivity index (χ1n) is 12.4. The van der Waals surface area contributed by atoms with E-state index in [0.717, 1.165) is 28.0 Å². The fourth-order valence-electron chi connectivity index (χ4n) is 5.67. The number of nitrogens with zero attached hydrogens (tertiary/aromatic N) is 1. The molecule has 200 valence electrons. The maximum atomic E-state index is 13.9. The van der Waals surface area contributed by atoms with Crippen LogP contribution in [0.1, 0.15) is 34.3 Å². The number of carbonyl (C=O) groups excluding carboxylic acids is 1. The Kier molecular flexibility index (Phi) is 7.05. The predicted molar refractivity (Wildman–Crippen MR) is 142 cm³/mol. The van der Waals surface area contributed by atoms with Crippen molar-refractivity contribution in [1.29, 1.82) is 0 Å². The smallest absolute Gasteiger partial charge is 0.242 e. The second-order valence-corrected chi connectivity index (χ2v) is 9.60. The van der Waals surface area contributed by atoms with Crippen molar-refractivity contribution in [3.8, 4) is 28.7 Å². The van der Waals surface area contributed by atoms with E-state index in [0.29, 0.717) is 23.8 Å². The molecule has 3 aromatic carbocycles. The average Bonchev–Trinajstić information content (AvgIpc) is 3.48. The van der Waals surface area contributed by atoms with Gasteiger partial charge in [-0.3, -0.25) is 4.79 Å². The summed E-state index contributed by atoms with van der Waals surface area (Å²) in [7, 11) is 6.34. The lowest BCUT2D eigenvalue weighted by atomic mass is 9.82. The molecule has 0 spiro atoms. The molecule has 2 aliphatic heterocycles. The van der Waals surface area contributed by atoms with Gasteiger partial charge in [0, 0.05) is 18.0 Å². The highest BCUT2D eigenvalue weighted by molar-refractivity contribution is 5.86. The molecule has 9 nitrogen and oxygen atoms in total. The summed E-state index contributed by atoms with van der Waals surface area (Å²) in [5.41, 5.74) is 10.1. The minimum Gasteiger partial charge on any atom is -0.508 e. The van der Waals surface area contributed by atoms with Gasteiger partial charge >= 0.3 is 0 Å². The minimum atomic E-state index is -0.498. The molecule has 0 saturated carbocycles. The van der Waals surface area contributed by atoms with E-state index in [1.807, 2.05) is 60.4 Å². The molecule has 0 aromatic heterocycles. The van der Waals surface area contributed by atoms with Crippen molar-refractivity contribution in [2.75, 3.05) is 28.4 Å². The number of aromatic hydroxyl groups is 1. The second-order valence-electron chi connectivity index (χ2n) is 9.60. The second kappa shape index (κ2) is 10.4. The number of hydrogen-bond acceptors (Lipinski definition) is 8. The van der Waals surface area contributed by atoms with Crippen LogP contribution in [-0.2, 0) is 11.3 Å². The summed E-state index contributed by atoms with van der Waals surface area (Å²) >= 11 is 0. The predicted octanol–water partition coefficient (Wildman–Crippen LogP) is 3.65. The van der Waals surface area contributed by atoms with Crippen LogP contribution in [0.3, 0.4) is 0 Å². The molecule has 0 radical (unpaired) electrons. The maximum absolute atomic E-state index is 13.9. The third-order valence-corrected chi connectivity index (χ3v) is 7.47. The van der Waals surface area contributed by atoms with Gasteiger partial charge in [-0.2, -0.15) is 0 Å². The molecule has 2 aliphatic rings. The standard InChI is InChI=1S/C29H33N3O6/c1-16-6-11-21(33)20(12-16)25-24-26(31-30-25)29(34)32(15-17-7-9-19(35-2)10-8-17)27(24)18-13-22(36-3)28(38-5)23(14-18)37-4/h6-14,24-27,30-31,33H,15H2,1-5H3. The summed E-state index contributed by atoms with van der Waals surface area (Å²) < 4.78 is 22.2. The summed E-state index contributed by atoms with van der Waals surface area (Å²) in [4.78, 5) is 15.8. The van der Waals surface area contributed by atoms with E-state index in [-0.39, 0.29) is 29.7 Å². The highest BCUT2D eigenvalue weighted by Crippen LogP contribution is 2.51. The van der Waals surface area contributed by atoms with Crippen molar-refractivity contribution in [2.45, 2.75) is 31.6 Å². The van der Waals surface area contributed by atoms with Gasteiger partial charge in [0.15, 0.2) is 11.5 Å². The van der Waals surface area contributed by atoms with Gasteiger partial charge in [-0.1, -0.05) is 29.8 Å². The van der Waals surface area contributed by atoms with Crippen molar-refractivity contribution in [2.24, 2.45) is 5.92 Å². The summed E-state index contributed by atoms with van der Waals surface area (Å²) in [6.07, 6.45) is 0. The van der Waals surface area contributed by atoms with Crippen molar-refractivity contribution < 1.29 is 28.8 Å². The number of amides is 1. The van der Waals surface area contributed by atoms with Gasteiger partial charge in [-0.25, -0.2) is 10.9 Å². The first-order chi connectivity index (χ1) is 18.4. The van der Waals surface area contributed by atoms with E-state index in [9.17, 15) is 9.90 Å². The van der Waals surface area contributed by atoms with Gasteiger partial charge in [0.1, 0.15) is 17.5 Å². The Balaban J connectivity index is 1.63. The number of hydrogen-bond donors (Lipinski definition) is 3. The van der Waals surface area contributed by atoms with Crippen LogP contribution >= 0.6 is 0 Å². The molecular weight excluding hydrogens is 486 g/mol. The molecule has 9 heteroatoms. The molecule has 38 heavy (non-hydrogen) atoms. The van der Waals surface area contributed by atoms with Gasteiger partial charge in [-0.15, -0.1) is 0 Å². The van der Waals surface area contributed by atoms with Gasteiger partial charge in [-0.05, 0) is 48.4 Å². The summed E-state index contributed by atoms with van der Waals surface area (Å²) in [5, 5.41) is 10.8. The number of phenolic OH excluding ortho intramolecular Hbond substituents is 1. The Hall–Kier alpha value is -3.95. The molecule has 2 heterocycles. The first kappa shape index (κ1) is 25.7. The van der Waals surface area contributed by atoms with Gasteiger partial charge < -0.3 is 29.0 Å². The van der Waals surface area contributed by atoms with Gasteiger partial charge in [0.2, 0.25) is 11.7 Å². The molecule has 3 N–H and O–H groups in total. The van der Waals surface area contributed by atoms with Crippen LogP contribution in [0, 0.1) is 12.8 Å². The number of benzene rings is 3.